The highest BCUT2D eigenvalue weighted by molar-refractivity contribution is 7.89. The predicted molar refractivity (Wildman–Crippen MR) is 107 cm³/mol. The Bertz CT molecular complexity index is 1090. The lowest BCUT2D eigenvalue weighted by molar-refractivity contribution is 0.434. The smallest absolute Gasteiger partial charge is 0.166 e. The van der Waals surface area contributed by atoms with Gasteiger partial charge in [-0.15, -0.1) is 0 Å². The summed E-state index contributed by atoms with van der Waals surface area (Å²) in [5.74, 6) is -7.46. The van der Waals surface area contributed by atoms with Gasteiger partial charge in [0, 0.05) is 29.9 Å². The van der Waals surface area contributed by atoms with Crippen molar-refractivity contribution in [1.82, 2.24) is 5.32 Å². The topological polar surface area (TPSA) is 49.4 Å². The maximum absolute atomic E-state index is 14.1. The molecule has 0 spiro atoms. The third-order valence-electron chi connectivity index (χ3n) is 5.02. The molecule has 2 aromatic carbocycles. The number of rotatable bonds is 6. The van der Waals surface area contributed by atoms with E-state index < -0.39 is 55.7 Å². The fourth-order valence-electron chi connectivity index (χ4n) is 3.49. The summed E-state index contributed by atoms with van der Waals surface area (Å²) in [6.07, 6.45) is 0.886. The number of nitrogens with zero attached hydrogens (tertiary/aromatic N) is 1. The second kappa shape index (κ2) is 8.29. The van der Waals surface area contributed by atoms with Crippen LogP contribution >= 0.6 is 0 Å². The fourth-order valence-corrected chi connectivity index (χ4v) is 4.97. The first-order valence-electron chi connectivity index (χ1n) is 9.39. The Hall–Kier alpha value is -2.55. The van der Waals surface area contributed by atoms with Crippen molar-refractivity contribution in [3.63, 3.8) is 0 Å². The number of hydrogen-bond acceptors (Lipinski definition) is 4. The van der Waals surface area contributed by atoms with Crippen LogP contribution in [0.3, 0.4) is 0 Å². The molecule has 4 nitrogen and oxygen atoms in total. The van der Waals surface area contributed by atoms with Gasteiger partial charge >= 0.3 is 0 Å². The number of benzene rings is 2. The van der Waals surface area contributed by atoms with Crippen molar-refractivity contribution in [1.29, 1.82) is 0 Å². The zero-order valence-corrected chi connectivity index (χ0v) is 17.5. The van der Waals surface area contributed by atoms with Crippen LogP contribution in [0.25, 0.3) is 0 Å². The molecule has 0 atom stereocenters. The largest absolute Gasteiger partial charge is 0.368 e. The second-order valence-electron chi connectivity index (χ2n) is 7.31. The van der Waals surface area contributed by atoms with Crippen LogP contribution in [0.4, 0.5) is 23.2 Å². The Labute approximate surface area is 173 Å². The molecule has 0 fully saturated rings. The molecule has 0 aromatic heterocycles. The highest BCUT2D eigenvalue weighted by atomic mass is 32.2. The average molecular weight is 442 g/mol. The monoisotopic (exact) mass is 442 g/mol. The van der Waals surface area contributed by atoms with Gasteiger partial charge in [0.2, 0.25) is 0 Å². The normalized spacial score (nSPS) is 13.9. The van der Waals surface area contributed by atoms with E-state index in [4.69, 9.17) is 0 Å². The minimum absolute atomic E-state index is 0.411. The van der Waals surface area contributed by atoms with E-state index in [1.165, 1.54) is 0 Å². The SMILES string of the molecule is C=C1NCc2cc(CS(=O)(=O)Cc3c(F)c(F)c(C)c(F)c3F)ccc2N1CCC. The van der Waals surface area contributed by atoms with E-state index in [1.54, 1.807) is 18.2 Å². The lowest BCUT2D eigenvalue weighted by Crippen LogP contribution is -2.36. The van der Waals surface area contributed by atoms with Crippen molar-refractivity contribution < 1.29 is 26.0 Å². The highest BCUT2D eigenvalue weighted by Gasteiger charge is 2.27. The summed E-state index contributed by atoms with van der Waals surface area (Å²) in [4.78, 5) is 1.99. The molecule has 0 radical (unpaired) electrons. The van der Waals surface area contributed by atoms with Crippen LogP contribution in [0.1, 0.15) is 35.6 Å². The Balaban J connectivity index is 1.88. The van der Waals surface area contributed by atoms with Gasteiger partial charge in [-0.3, -0.25) is 0 Å². The van der Waals surface area contributed by atoms with E-state index in [0.717, 1.165) is 37.0 Å². The van der Waals surface area contributed by atoms with Crippen molar-refractivity contribution in [2.24, 2.45) is 0 Å². The number of fused-ring (bicyclic) bond motifs is 1. The second-order valence-corrected chi connectivity index (χ2v) is 9.37. The van der Waals surface area contributed by atoms with Crippen molar-refractivity contribution in [2.45, 2.75) is 38.3 Å². The molecule has 0 unspecified atom stereocenters. The van der Waals surface area contributed by atoms with Gasteiger partial charge < -0.3 is 10.2 Å². The van der Waals surface area contributed by atoms with Crippen LogP contribution in [0.15, 0.2) is 30.6 Å². The molecule has 3 rings (SSSR count). The first kappa shape index (κ1) is 22.1. The maximum Gasteiger partial charge on any atom is 0.166 e. The van der Waals surface area contributed by atoms with E-state index in [0.29, 0.717) is 12.1 Å². The molecule has 0 aliphatic carbocycles. The van der Waals surface area contributed by atoms with Gasteiger partial charge in [-0.05, 0) is 30.5 Å². The number of halogens is 4. The van der Waals surface area contributed by atoms with Gasteiger partial charge in [0.05, 0.1) is 17.3 Å². The summed E-state index contributed by atoms with van der Waals surface area (Å²) in [7, 11) is -4.11. The molecule has 2 aromatic rings. The van der Waals surface area contributed by atoms with E-state index in [9.17, 15) is 26.0 Å². The van der Waals surface area contributed by atoms with Crippen LogP contribution in [0.2, 0.25) is 0 Å². The van der Waals surface area contributed by atoms with Gasteiger partial charge in [-0.25, -0.2) is 26.0 Å². The van der Waals surface area contributed by atoms with Crippen LogP contribution in [0, 0.1) is 30.2 Å². The molecule has 0 amide bonds. The van der Waals surface area contributed by atoms with E-state index >= 15 is 0 Å². The molecule has 1 aliphatic heterocycles. The quantitative estimate of drug-likeness (QED) is 0.530. The molecule has 0 saturated carbocycles. The van der Waals surface area contributed by atoms with Gasteiger partial charge in [0.1, 0.15) is 0 Å². The molecule has 1 aliphatic rings. The molecule has 0 saturated heterocycles. The summed E-state index contributed by atoms with van der Waals surface area (Å²) >= 11 is 0. The van der Waals surface area contributed by atoms with Crippen molar-refractivity contribution in [3.05, 3.63) is 76.1 Å². The summed E-state index contributed by atoms with van der Waals surface area (Å²) in [5, 5.41) is 3.14. The first-order chi connectivity index (χ1) is 14.1. The van der Waals surface area contributed by atoms with Crippen LogP contribution in [-0.2, 0) is 27.9 Å². The van der Waals surface area contributed by atoms with Gasteiger partial charge in [0.15, 0.2) is 33.1 Å². The first-order valence-corrected chi connectivity index (χ1v) is 11.2. The minimum atomic E-state index is -4.11. The predicted octanol–water partition coefficient (Wildman–Crippen LogP) is 4.46. The molecule has 1 heterocycles. The zero-order valence-electron chi connectivity index (χ0n) is 16.7. The van der Waals surface area contributed by atoms with Crippen molar-refractivity contribution in [2.75, 3.05) is 11.4 Å². The molecular formula is C21H22F4N2O2S. The third-order valence-corrected chi connectivity index (χ3v) is 6.52. The maximum atomic E-state index is 14.1. The van der Waals surface area contributed by atoms with Crippen molar-refractivity contribution >= 4 is 15.5 Å². The molecular weight excluding hydrogens is 420 g/mol. The lowest BCUT2D eigenvalue weighted by atomic mass is 10.1. The van der Waals surface area contributed by atoms with Gasteiger partial charge in [-0.1, -0.05) is 25.6 Å². The Morgan fingerprint density at radius 2 is 1.70 bits per heavy atom. The lowest BCUT2D eigenvalue weighted by Gasteiger charge is -2.34. The number of sulfone groups is 1. The standard InChI is InChI=1S/C21H22F4N2O2S/c1-4-7-27-13(3)26-9-15-8-14(5-6-17(15)27)10-30(28,29)11-16-20(24)18(22)12(2)19(23)21(16)25/h5-6,8,26H,3-4,7,9-11H2,1-2H3. The number of nitrogens with one attached hydrogen (secondary N) is 1. The summed E-state index contributed by atoms with van der Waals surface area (Å²) in [6, 6.07) is 5.08. The van der Waals surface area contributed by atoms with Gasteiger partial charge in [0.25, 0.3) is 0 Å². The van der Waals surface area contributed by atoms with E-state index in [2.05, 4.69) is 11.9 Å². The zero-order chi connectivity index (χ0) is 22.2. The molecule has 162 valence electrons. The summed E-state index contributed by atoms with van der Waals surface area (Å²) < 4.78 is 80.8. The Morgan fingerprint density at radius 1 is 1.07 bits per heavy atom. The highest BCUT2D eigenvalue weighted by Crippen LogP contribution is 2.30. The summed E-state index contributed by atoms with van der Waals surface area (Å²) in [5.41, 5.74) is 0.218. The minimum Gasteiger partial charge on any atom is -0.368 e. The van der Waals surface area contributed by atoms with Crippen molar-refractivity contribution in [3.8, 4) is 0 Å². The molecule has 0 bridgehead atoms. The van der Waals surface area contributed by atoms with Crippen LogP contribution in [-0.4, -0.2) is 15.0 Å². The third kappa shape index (κ3) is 4.16. The van der Waals surface area contributed by atoms with Gasteiger partial charge in [-0.2, -0.15) is 0 Å². The number of anilines is 1. The number of hydrogen-bond donors (Lipinski definition) is 1. The summed E-state index contributed by atoms with van der Waals surface area (Å²) in [6.45, 7) is 8.07. The van der Waals surface area contributed by atoms with E-state index in [1.807, 2.05) is 11.8 Å². The molecule has 1 N–H and O–H groups in total. The average Bonchev–Trinajstić information content (AvgIpc) is 2.70. The Kier molecular flexibility index (Phi) is 6.12. The molecule has 9 heteroatoms. The molecule has 30 heavy (non-hydrogen) atoms. The van der Waals surface area contributed by atoms with Crippen LogP contribution in [0.5, 0.6) is 0 Å². The fraction of sp³-hybridized carbons (Fsp3) is 0.333. The van der Waals surface area contributed by atoms with Crippen LogP contribution < -0.4 is 10.2 Å². The van der Waals surface area contributed by atoms with E-state index in [-0.39, 0.29) is 0 Å². The Morgan fingerprint density at radius 3 is 2.30 bits per heavy atom.